The first-order valence-electron chi connectivity index (χ1n) is 8.65. The van der Waals surface area contributed by atoms with Gasteiger partial charge in [-0.15, -0.1) is 0 Å². The van der Waals surface area contributed by atoms with Crippen molar-refractivity contribution in [3.05, 3.63) is 59.7 Å². The predicted molar refractivity (Wildman–Crippen MR) is 102 cm³/mol. The number of rotatable bonds is 14. The van der Waals surface area contributed by atoms with Crippen molar-refractivity contribution >= 4 is 23.9 Å². The highest BCUT2D eigenvalue weighted by Crippen LogP contribution is 2.12. The van der Waals surface area contributed by atoms with E-state index in [0.717, 1.165) is 0 Å². The van der Waals surface area contributed by atoms with Gasteiger partial charge < -0.3 is 29.2 Å². The van der Waals surface area contributed by atoms with Crippen LogP contribution < -0.4 is 0 Å². The molecule has 0 saturated carbocycles. The van der Waals surface area contributed by atoms with Gasteiger partial charge in [0.15, 0.2) is 0 Å². The largest absolute Gasteiger partial charge is 0.478 e. The van der Waals surface area contributed by atoms with Gasteiger partial charge in [0.05, 0.1) is 48.7 Å². The van der Waals surface area contributed by atoms with Crippen LogP contribution in [0.4, 0.5) is 0 Å². The minimum atomic E-state index is -1.18. The Morgan fingerprint density at radius 3 is 1.40 bits per heavy atom. The number of carboxylic acid groups (broad SMARTS) is 2. The van der Waals surface area contributed by atoms with Gasteiger partial charge in [-0.3, -0.25) is 0 Å². The number of hydrogen-bond donors (Lipinski definition) is 2. The van der Waals surface area contributed by atoms with Crippen molar-refractivity contribution in [2.75, 3.05) is 39.6 Å². The lowest BCUT2D eigenvalue weighted by Crippen LogP contribution is -2.18. The molecule has 0 radical (unpaired) electrons. The Kier molecular flexibility index (Phi) is 10.5. The number of carboxylic acids is 2. The number of esters is 2. The van der Waals surface area contributed by atoms with Gasteiger partial charge in [0.1, 0.15) is 13.2 Å². The Morgan fingerprint density at radius 1 is 0.700 bits per heavy atom. The Labute approximate surface area is 172 Å². The molecule has 1 aromatic carbocycles. The third-order valence-electron chi connectivity index (χ3n) is 3.45. The zero-order valence-corrected chi connectivity index (χ0v) is 16.1. The van der Waals surface area contributed by atoms with E-state index in [-0.39, 0.29) is 61.9 Å². The molecule has 0 aliphatic carbocycles. The van der Waals surface area contributed by atoms with Crippen LogP contribution in [-0.4, -0.2) is 73.7 Å². The van der Waals surface area contributed by atoms with E-state index in [2.05, 4.69) is 13.2 Å². The smallest absolute Gasteiger partial charge is 0.339 e. The molecule has 0 atom stereocenters. The Morgan fingerprint density at radius 2 is 1.07 bits per heavy atom. The molecule has 0 amide bonds. The summed E-state index contributed by atoms with van der Waals surface area (Å²) in [6.45, 7) is 5.75. The summed E-state index contributed by atoms with van der Waals surface area (Å²) in [4.78, 5) is 45.6. The average Bonchev–Trinajstić information content (AvgIpc) is 2.72. The molecule has 1 rings (SSSR count). The van der Waals surface area contributed by atoms with E-state index >= 15 is 0 Å². The van der Waals surface area contributed by atoms with Crippen LogP contribution in [0.1, 0.15) is 20.7 Å². The summed E-state index contributed by atoms with van der Waals surface area (Å²) >= 11 is 0. The van der Waals surface area contributed by atoms with Gasteiger partial charge >= 0.3 is 23.9 Å². The molecule has 0 saturated heterocycles. The van der Waals surface area contributed by atoms with Gasteiger partial charge in [-0.05, 0) is 12.1 Å². The van der Waals surface area contributed by atoms with Crippen LogP contribution >= 0.6 is 0 Å². The minimum absolute atomic E-state index is 0.0161. The number of hydrogen-bond acceptors (Lipinski definition) is 8. The van der Waals surface area contributed by atoms with E-state index in [9.17, 15) is 19.2 Å². The lowest BCUT2D eigenvalue weighted by molar-refractivity contribution is -0.134. The second-order valence-corrected chi connectivity index (χ2v) is 5.74. The molecule has 0 spiro atoms. The molecule has 0 aliphatic heterocycles. The molecule has 10 nitrogen and oxygen atoms in total. The number of benzene rings is 1. The average molecular weight is 422 g/mol. The fourth-order valence-corrected chi connectivity index (χ4v) is 1.90. The third kappa shape index (κ3) is 8.67. The van der Waals surface area contributed by atoms with Gasteiger partial charge in [0.2, 0.25) is 0 Å². The van der Waals surface area contributed by atoms with Crippen LogP contribution in [0.15, 0.2) is 48.6 Å². The van der Waals surface area contributed by atoms with Crippen molar-refractivity contribution in [1.29, 1.82) is 0 Å². The molecule has 0 aliphatic rings. The molecule has 162 valence electrons. The number of aliphatic carboxylic acids is 2. The highest BCUT2D eigenvalue weighted by molar-refractivity contribution is 6.03. The molecule has 30 heavy (non-hydrogen) atoms. The van der Waals surface area contributed by atoms with Gasteiger partial charge in [0, 0.05) is 0 Å². The van der Waals surface area contributed by atoms with Crippen molar-refractivity contribution in [2.24, 2.45) is 0 Å². The van der Waals surface area contributed by atoms with Crippen LogP contribution in [0.2, 0.25) is 0 Å². The predicted octanol–water partition coefficient (Wildman–Crippen LogP) is 1.31. The summed E-state index contributed by atoms with van der Waals surface area (Å²) in [5.41, 5.74) is -0.299. The quantitative estimate of drug-likeness (QED) is 0.256. The van der Waals surface area contributed by atoms with Crippen molar-refractivity contribution < 1.29 is 48.3 Å². The molecule has 0 unspecified atom stereocenters. The standard InChI is InChI=1S/C20H22O10/c1-13(17(21)22)11-27-7-9-29-19(25)15-5-3-4-6-16(15)20(26)30-10-8-28-12-14(2)18(23)24/h3-6H,1-2,7-12H2,(H,21,22)(H,23,24). The zero-order chi connectivity index (χ0) is 22.5. The van der Waals surface area contributed by atoms with E-state index in [1.54, 1.807) is 12.1 Å². The number of carbonyl (C=O) groups excluding carboxylic acids is 2. The summed E-state index contributed by atoms with van der Waals surface area (Å²) < 4.78 is 20.1. The molecule has 1 aromatic rings. The second-order valence-electron chi connectivity index (χ2n) is 5.74. The van der Waals surface area contributed by atoms with Crippen molar-refractivity contribution in [3.8, 4) is 0 Å². The topological polar surface area (TPSA) is 146 Å². The minimum Gasteiger partial charge on any atom is -0.478 e. The molecule has 0 aromatic heterocycles. The van der Waals surface area contributed by atoms with Crippen molar-refractivity contribution in [2.45, 2.75) is 0 Å². The van der Waals surface area contributed by atoms with E-state index in [1.807, 2.05) is 0 Å². The lowest BCUT2D eigenvalue weighted by Gasteiger charge is -2.10. The maximum atomic E-state index is 12.2. The molecule has 2 N–H and O–H groups in total. The molecule has 0 heterocycles. The maximum absolute atomic E-state index is 12.2. The zero-order valence-electron chi connectivity index (χ0n) is 16.1. The Bertz CT molecular complexity index is 745. The normalized spacial score (nSPS) is 10.1. The first-order valence-corrected chi connectivity index (χ1v) is 8.65. The third-order valence-corrected chi connectivity index (χ3v) is 3.45. The van der Waals surface area contributed by atoms with Crippen LogP contribution in [0, 0.1) is 0 Å². The fraction of sp³-hybridized carbons (Fsp3) is 0.300. The molecular weight excluding hydrogens is 400 g/mol. The first-order chi connectivity index (χ1) is 14.2. The monoisotopic (exact) mass is 422 g/mol. The Hall–Kier alpha value is -3.50. The van der Waals surface area contributed by atoms with E-state index < -0.39 is 23.9 Å². The van der Waals surface area contributed by atoms with Crippen LogP contribution in [0.25, 0.3) is 0 Å². The van der Waals surface area contributed by atoms with E-state index in [0.29, 0.717) is 0 Å². The second kappa shape index (κ2) is 12.9. The first kappa shape index (κ1) is 24.5. The van der Waals surface area contributed by atoms with Crippen LogP contribution in [0.3, 0.4) is 0 Å². The highest BCUT2D eigenvalue weighted by Gasteiger charge is 2.19. The number of carbonyl (C=O) groups is 4. The summed E-state index contributed by atoms with van der Waals surface area (Å²) in [5, 5.41) is 17.3. The molecular formula is C20H22O10. The SMILES string of the molecule is C=C(COCCOC(=O)c1ccccc1C(=O)OCCOCC(=C)C(=O)O)C(=O)O. The van der Waals surface area contributed by atoms with Gasteiger partial charge in [-0.1, -0.05) is 25.3 Å². The fourth-order valence-electron chi connectivity index (χ4n) is 1.90. The summed E-state index contributed by atoms with van der Waals surface area (Å²) in [5.74, 6) is -3.93. The van der Waals surface area contributed by atoms with Crippen LogP contribution in [-0.2, 0) is 28.5 Å². The Balaban J connectivity index is 2.46. The van der Waals surface area contributed by atoms with Gasteiger partial charge in [0.25, 0.3) is 0 Å². The maximum Gasteiger partial charge on any atom is 0.339 e. The number of ether oxygens (including phenoxy) is 4. The van der Waals surface area contributed by atoms with E-state index in [4.69, 9.17) is 29.2 Å². The van der Waals surface area contributed by atoms with Crippen molar-refractivity contribution in [3.63, 3.8) is 0 Å². The lowest BCUT2D eigenvalue weighted by atomic mass is 10.1. The van der Waals surface area contributed by atoms with Crippen LogP contribution in [0.5, 0.6) is 0 Å². The molecule has 0 fully saturated rings. The summed E-state index contributed by atoms with van der Waals surface area (Å²) in [7, 11) is 0. The van der Waals surface area contributed by atoms with Gasteiger partial charge in [-0.2, -0.15) is 0 Å². The molecule has 0 bridgehead atoms. The highest BCUT2D eigenvalue weighted by atomic mass is 16.6. The van der Waals surface area contributed by atoms with Gasteiger partial charge in [-0.25, -0.2) is 19.2 Å². The summed E-state index contributed by atoms with van der Waals surface area (Å²) in [6.07, 6.45) is 0. The summed E-state index contributed by atoms with van der Waals surface area (Å²) in [6, 6.07) is 5.86. The van der Waals surface area contributed by atoms with Crippen molar-refractivity contribution in [1.82, 2.24) is 0 Å². The molecule has 10 heteroatoms. The van der Waals surface area contributed by atoms with E-state index in [1.165, 1.54) is 12.1 Å².